The van der Waals surface area contributed by atoms with Crippen LogP contribution in [0.5, 0.6) is 0 Å². The molecule has 0 aromatic carbocycles. The van der Waals surface area contributed by atoms with Gasteiger partial charge in [0.15, 0.2) is 0 Å². The molecule has 1 fully saturated rings. The van der Waals surface area contributed by atoms with E-state index in [1.165, 1.54) is 0 Å². The van der Waals surface area contributed by atoms with Crippen LogP contribution in [-0.2, 0) is 14.3 Å². The quantitative estimate of drug-likeness (QED) is 0.652. The summed E-state index contributed by atoms with van der Waals surface area (Å²) in [5, 5.41) is 0. The number of carbonyl (C=O) groups excluding carboxylic acids is 1. The van der Waals surface area contributed by atoms with Crippen molar-refractivity contribution in [3.05, 3.63) is 0 Å². The van der Waals surface area contributed by atoms with Gasteiger partial charge in [0.2, 0.25) is 5.91 Å². The Morgan fingerprint density at radius 1 is 1.56 bits per heavy atom. The molecule has 2 N–H and O–H groups in total. The third-order valence-corrected chi connectivity index (χ3v) is 2.56. The second-order valence-electron chi connectivity index (χ2n) is 3.93. The summed E-state index contributed by atoms with van der Waals surface area (Å²) >= 11 is 0. The molecule has 0 aromatic heterocycles. The first-order valence-electron chi connectivity index (χ1n) is 5.95. The van der Waals surface area contributed by atoms with Crippen molar-refractivity contribution in [3.8, 4) is 0 Å². The standard InChI is InChI=1S/C11H22N2O3/c1-2-5-15-6-3-11(14)13-4-7-16-10(8-12)9-13/h10H,2-9,12H2,1H3. The van der Waals surface area contributed by atoms with Crippen molar-refractivity contribution in [1.82, 2.24) is 4.90 Å². The smallest absolute Gasteiger partial charge is 0.225 e. The Labute approximate surface area is 96.9 Å². The molecule has 0 bridgehead atoms. The lowest BCUT2D eigenvalue weighted by Gasteiger charge is -2.32. The molecule has 5 heteroatoms. The number of carbonyl (C=O) groups is 1. The Balaban J connectivity index is 2.19. The highest BCUT2D eigenvalue weighted by molar-refractivity contribution is 5.76. The monoisotopic (exact) mass is 230 g/mol. The van der Waals surface area contributed by atoms with Crippen LogP contribution in [0.25, 0.3) is 0 Å². The van der Waals surface area contributed by atoms with Crippen LogP contribution in [0.1, 0.15) is 19.8 Å². The maximum absolute atomic E-state index is 11.8. The zero-order valence-corrected chi connectivity index (χ0v) is 9.98. The van der Waals surface area contributed by atoms with Gasteiger partial charge in [-0.2, -0.15) is 0 Å². The van der Waals surface area contributed by atoms with E-state index in [0.29, 0.717) is 39.3 Å². The minimum absolute atomic E-state index is 0.00531. The Bertz CT molecular complexity index is 211. The van der Waals surface area contributed by atoms with Gasteiger partial charge in [0.05, 0.1) is 25.7 Å². The van der Waals surface area contributed by atoms with Gasteiger partial charge in [-0.15, -0.1) is 0 Å². The zero-order chi connectivity index (χ0) is 11.8. The number of amides is 1. The van der Waals surface area contributed by atoms with Gasteiger partial charge >= 0.3 is 0 Å². The second-order valence-corrected chi connectivity index (χ2v) is 3.93. The van der Waals surface area contributed by atoms with Crippen LogP contribution in [0.15, 0.2) is 0 Å². The van der Waals surface area contributed by atoms with Crippen LogP contribution >= 0.6 is 0 Å². The number of nitrogens with zero attached hydrogens (tertiary/aromatic N) is 1. The van der Waals surface area contributed by atoms with Crippen LogP contribution in [-0.4, -0.2) is 56.4 Å². The Morgan fingerprint density at radius 2 is 2.38 bits per heavy atom. The lowest BCUT2D eigenvalue weighted by Crippen LogP contribution is -2.48. The van der Waals surface area contributed by atoms with E-state index >= 15 is 0 Å². The molecule has 1 unspecified atom stereocenters. The maximum atomic E-state index is 11.8. The first kappa shape index (κ1) is 13.4. The molecule has 1 atom stereocenters. The molecule has 1 saturated heterocycles. The Kier molecular flexibility index (Phi) is 6.37. The van der Waals surface area contributed by atoms with Crippen molar-refractivity contribution in [2.24, 2.45) is 5.73 Å². The number of rotatable bonds is 6. The lowest BCUT2D eigenvalue weighted by molar-refractivity contribution is -0.139. The van der Waals surface area contributed by atoms with Crippen molar-refractivity contribution >= 4 is 5.91 Å². The van der Waals surface area contributed by atoms with Crippen molar-refractivity contribution in [1.29, 1.82) is 0 Å². The van der Waals surface area contributed by atoms with Crippen LogP contribution in [0.2, 0.25) is 0 Å². The lowest BCUT2D eigenvalue weighted by atomic mass is 10.2. The molecule has 94 valence electrons. The minimum atomic E-state index is -0.00531. The van der Waals surface area contributed by atoms with E-state index in [2.05, 4.69) is 6.92 Å². The Hall–Kier alpha value is -0.650. The molecule has 1 heterocycles. The molecule has 5 nitrogen and oxygen atoms in total. The van der Waals surface area contributed by atoms with Crippen LogP contribution in [0.4, 0.5) is 0 Å². The average molecular weight is 230 g/mol. The molecule has 0 aromatic rings. The predicted molar refractivity (Wildman–Crippen MR) is 61.1 cm³/mol. The first-order valence-corrected chi connectivity index (χ1v) is 5.95. The number of nitrogens with two attached hydrogens (primary N) is 1. The summed E-state index contributed by atoms with van der Waals surface area (Å²) in [5.74, 6) is 0.137. The molecule has 1 aliphatic rings. The van der Waals surface area contributed by atoms with Gasteiger partial charge < -0.3 is 20.1 Å². The van der Waals surface area contributed by atoms with E-state index in [1.54, 1.807) is 0 Å². The first-order chi connectivity index (χ1) is 7.77. The summed E-state index contributed by atoms with van der Waals surface area (Å²) in [5.41, 5.74) is 5.52. The summed E-state index contributed by atoms with van der Waals surface area (Å²) in [6, 6.07) is 0. The van der Waals surface area contributed by atoms with E-state index < -0.39 is 0 Å². The highest BCUT2D eigenvalue weighted by Gasteiger charge is 2.22. The van der Waals surface area contributed by atoms with E-state index in [4.69, 9.17) is 15.2 Å². The molecule has 1 aliphatic heterocycles. The number of ether oxygens (including phenoxy) is 2. The van der Waals surface area contributed by atoms with Gasteiger partial charge in [-0.1, -0.05) is 6.92 Å². The molecule has 0 aliphatic carbocycles. The fraction of sp³-hybridized carbons (Fsp3) is 0.909. The van der Waals surface area contributed by atoms with Gasteiger partial charge in [0.1, 0.15) is 0 Å². The van der Waals surface area contributed by atoms with Gasteiger partial charge in [0, 0.05) is 26.2 Å². The molecule has 16 heavy (non-hydrogen) atoms. The van der Waals surface area contributed by atoms with Crippen LogP contribution in [0.3, 0.4) is 0 Å². The molecule has 0 radical (unpaired) electrons. The molecule has 1 amide bonds. The number of morpholine rings is 1. The van der Waals surface area contributed by atoms with Crippen molar-refractivity contribution in [2.75, 3.05) is 39.5 Å². The summed E-state index contributed by atoms with van der Waals surface area (Å²) in [4.78, 5) is 13.6. The highest BCUT2D eigenvalue weighted by Crippen LogP contribution is 2.05. The third-order valence-electron chi connectivity index (χ3n) is 2.56. The van der Waals surface area contributed by atoms with Gasteiger partial charge in [-0.3, -0.25) is 4.79 Å². The third kappa shape index (κ3) is 4.47. The Morgan fingerprint density at radius 3 is 3.06 bits per heavy atom. The minimum Gasteiger partial charge on any atom is -0.381 e. The fourth-order valence-corrected chi connectivity index (χ4v) is 1.65. The summed E-state index contributed by atoms with van der Waals surface area (Å²) < 4.78 is 10.7. The molecule has 1 rings (SSSR count). The van der Waals surface area contributed by atoms with Crippen molar-refractivity contribution in [3.63, 3.8) is 0 Å². The predicted octanol–water partition coefficient (Wildman–Crippen LogP) is -0.0108. The second kappa shape index (κ2) is 7.60. The van der Waals surface area contributed by atoms with Crippen LogP contribution in [0, 0.1) is 0 Å². The SMILES string of the molecule is CCCOCCC(=O)N1CCOC(CN)C1. The van der Waals surface area contributed by atoms with Crippen molar-refractivity contribution < 1.29 is 14.3 Å². The van der Waals surface area contributed by atoms with Gasteiger partial charge in [0.25, 0.3) is 0 Å². The number of hydrogen-bond donors (Lipinski definition) is 1. The normalized spacial score (nSPS) is 21.1. The van der Waals surface area contributed by atoms with Crippen molar-refractivity contribution in [2.45, 2.75) is 25.9 Å². The largest absolute Gasteiger partial charge is 0.381 e. The summed E-state index contributed by atoms with van der Waals surface area (Å²) in [7, 11) is 0. The zero-order valence-electron chi connectivity index (χ0n) is 9.98. The molecular formula is C11H22N2O3. The highest BCUT2D eigenvalue weighted by atomic mass is 16.5. The molecule has 0 saturated carbocycles. The van der Waals surface area contributed by atoms with E-state index in [1.807, 2.05) is 4.90 Å². The topological polar surface area (TPSA) is 64.8 Å². The molecule has 0 spiro atoms. The average Bonchev–Trinajstić information content (AvgIpc) is 2.34. The van der Waals surface area contributed by atoms with E-state index in [-0.39, 0.29) is 12.0 Å². The number of hydrogen-bond acceptors (Lipinski definition) is 4. The maximum Gasteiger partial charge on any atom is 0.225 e. The van der Waals surface area contributed by atoms with Gasteiger partial charge in [-0.25, -0.2) is 0 Å². The van der Waals surface area contributed by atoms with E-state index in [0.717, 1.165) is 13.0 Å². The molecular weight excluding hydrogens is 208 g/mol. The summed E-state index contributed by atoms with van der Waals surface area (Å²) in [6.45, 7) is 5.63. The van der Waals surface area contributed by atoms with Crippen LogP contribution < -0.4 is 5.73 Å². The van der Waals surface area contributed by atoms with Gasteiger partial charge in [-0.05, 0) is 6.42 Å². The summed E-state index contributed by atoms with van der Waals surface area (Å²) in [6.07, 6.45) is 1.44. The fourth-order valence-electron chi connectivity index (χ4n) is 1.65. The van der Waals surface area contributed by atoms with E-state index in [9.17, 15) is 4.79 Å².